The summed E-state index contributed by atoms with van der Waals surface area (Å²) in [5, 5.41) is 9.78. The molecule has 14 heavy (non-hydrogen) atoms. The molecule has 0 saturated heterocycles. The predicted molar refractivity (Wildman–Crippen MR) is 58.1 cm³/mol. The molecule has 0 amide bonds. The van der Waals surface area contributed by atoms with Crippen LogP contribution in [0.25, 0.3) is 0 Å². The average molecular weight is 190 g/mol. The van der Waals surface area contributed by atoms with E-state index >= 15 is 0 Å². The van der Waals surface area contributed by atoms with Crippen LogP contribution in [0, 0.1) is 5.92 Å². The maximum Gasteiger partial charge on any atom is 0.0580 e. The van der Waals surface area contributed by atoms with Gasteiger partial charge in [0.15, 0.2) is 0 Å². The van der Waals surface area contributed by atoms with Crippen LogP contribution in [0.15, 0.2) is 30.3 Å². The lowest BCUT2D eigenvalue weighted by Gasteiger charge is -2.09. The van der Waals surface area contributed by atoms with Gasteiger partial charge < -0.3 is 5.11 Å². The first-order chi connectivity index (χ1) is 6.84. The Morgan fingerprint density at radius 2 is 1.93 bits per heavy atom. The van der Waals surface area contributed by atoms with Gasteiger partial charge in [-0.3, -0.25) is 0 Å². The quantitative estimate of drug-likeness (QED) is 0.757. The molecular weight excluding hydrogens is 172 g/mol. The molecule has 1 fully saturated rings. The monoisotopic (exact) mass is 190 g/mol. The summed E-state index contributed by atoms with van der Waals surface area (Å²) in [6, 6.07) is 10.2. The van der Waals surface area contributed by atoms with E-state index in [0.717, 1.165) is 18.8 Å². The standard InChI is InChI=1S/C13H18O/c14-13(9-8-11-6-7-11)10-12-4-2-1-3-5-12/h1-5,11,13-14H,6-10H2. The Hall–Kier alpha value is -0.820. The third-order valence-electron chi connectivity index (χ3n) is 2.92. The van der Waals surface area contributed by atoms with Gasteiger partial charge in [0.2, 0.25) is 0 Å². The molecule has 1 aliphatic carbocycles. The summed E-state index contributed by atoms with van der Waals surface area (Å²) >= 11 is 0. The number of aliphatic hydroxyl groups excluding tert-OH is 1. The molecule has 0 radical (unpaired) electrons. The zero-order valence-corrected chi connectivity index (χ0v) is 8.52. The lowest BCUT2D eigenvalue weighted by Crippen LogP contribution is -2.10. The van der Waals surface area contributed by atoms with E-state index in [-0.39, 0.29) is 6.10 Å². The molecule has 1 aromatic rings. The van der Waals surface area contributed by atoms with E-state index < -0.39 is 0 Å². The van der Waals surface area contributed by atoms with Gasteiger partial charge in [-0.1, -0.05) is 43.2 Å². The molecule has 0 aliphatic heterocycles. The van der Waals surface area contributed by atoms with E-state index in [1.165, 1.54) is 24.8 Å². The van der Waals surface area contributed by atoms with Gasteiger partial charge in [-0.05, 0) is 30.7 Å². The van der Waals surface area contributed by atoms with E-state index in [9.17, 15) is 5.11 Å². The van der Waals surface area contributed by atoms with Crippen molar-refractivity contribution >= 4 is 0 Å². The molecule has 0 aromatic heterocycles. The lowest BCUT2D eigenvalue weighted by molar-refractivity contribution is 0.160. The van der Waals surface area contributed by atoms with Crippen LogP contribution >= 0.6 is 0 Å². The lowest BCUT2D eigenvalue weighted by atomic mass is 10.0. The van der Waals surface area contributed by atoms with Crippen LogP contribution in [0.4, 0.5) is 0 Å². The minimum atomic E-state index is -0.141. The van der Waals surface area contributed by atoms with Crippen LogP contribution < -0.4 is 0 Å². The molecular formula is C13H18O. The van der Waals surface area contributed by atoms with Crippen LogP contribution in [0.3, 0.4) is 0 Å². The molecule has 1 saturated carbocycles. The van der Waals surface area contributed by atoms with E-state index in [4.69, 9.17) is 0 Å². The summed E-state index contributed by atoms with van der Waals surface area (Å²) in [7, 11) is 0. The Kier molecular flexibility index (Phi) is 3.20. The van der Waals surface area contributed by atoms with Crippen molar-refractivity contribution in [1.82, 2.24) is 0 Å². The van der Waals surface area contributed by atoms with E-state index in [0.29, 0.717) is 0 Å². The first-order valence-corrected chi connectivity index (χ1v) is 5.56. The van der Waals surface area contributed by atoms with Gasteiger partial charge in [0.25, 0.3) is 0 Å². The Morgan fingerprint density at radius 1 is 1.21 bits per heavy atom. The Bertz CT molecular complexity index is 264. The SMILES string of the molecule is OC(CCC1CC1)Cc1ccccc1. The molecule has 1 aromatic carbocycles. The van der Waals surface area contributed by atoms with Crippen molar-refractivity contribution in [3.8, 4) is 0 Å². The van der Waals surface area contributed by atoms with Crippen LogP contribution in [0.1, 0.15) is 31.2 Å². The van der Waals surface area contributed by atoms with Gasteiger partial charge in [-0.2, -0.15) is 0 Å². The summed E-state index contributed by atoms with van der Waals surface area (Å²) in [5.41, 5.74) is 1.25. The minimum absolute atomic E-state index is 0.141. The number of aliphatic hydroxyl groups is 1. The fourth-order valence-corrected chi connectivity index (χ4v) is 1.82. The number of hydrogen-bond donors (Lipinski definition) is 1. The van der Waals surface area contributed by atoms with Crippen molar-refractivity contribution in [1.29, 1.82) is 0 Å². The highest BCUT2D eigenvalue weighted by Crippen LogP contribution is 2.34. The number of hydrogen-bond acceptors (Lipinski definition) is 1. The smallest absolute Gasteiger partial charge is 0.0580 e. The first kappa shape index (κ1) is 9.72. The molecule has 1 unspecified atom stereocenters. The van der Waals surface area contributed by atoms with Crippen molar-refractivity contribution in [2.45, 2.75) is 38.2 Å². The van der Waals surface area contributed by atoms with Gasteiger partial charge in [0.05, 0.1) is 6.10 Å². The van der Waals surface area contributed by atoms with Crippen molar-refractivity contribution in [3.63, 3.8) is 0 Å². The topological polar surface area (TPSA) is 20.2 Å². The number of rotatable bonds is 5. The van der Waals surface area contributed by atoms with Crippen molar-refractivity contribution in [2.75, 3.05) is 0 Å². The second-order valence-electron chi connectivity index (χ2n) is 4.36. The molecule has 1 heteroatoms. The van der Waals surface area contributed by atoms with E-state index in [1.54, 1.807) is 0 Å². The van der Waals surface area contributed by atoms with E-state index in [1.807, 2.05) is 18.2 Å². The molecule has 1 atom stereocenters. The highest BCUT2D eigenvalue weighted by atomic mass is 16.3. The van der Waals surface area contributed by atoms with Gasteiger partial charge in [0.1, 0.15) is 0 Å². The summed E-state index contributed by atoms with van der Waals surface area (Å²) < 4.78 is 0. The largest absolute Gasteiger partial charge is 0.393 e. The molecule has 0 spiro atoms. The second-order valence-corrected chi connectivity index (χ2v) is 4.36. The van der Waals surface area contributed by atoms with Crippen molar-refractivity contribution in [2.24, 2.45) is 5.92 Å². The van der Waals surface area contributed by atoms with Crippen LogP contribution in [-0.4, -0.2) is 11.2 Å². The molecule has 1 aliphatic rings. The van der Waals surface area contributed by atoms with Gasteiger partial charge in [0, 0.05) is 0 Å². The van der Waals surface area contributed by atoms with Crippen LogP contribution in [0.5, 0.6) is 0 Å². The molecule has 1 N–H and O–H groups in total. The molecule has 2 rings (SSSR count). The summed E-state index contributed by atoms with van der Waals surface area (Å²) in [6.45, 7) is 0. The summed E-state index contributed by atoms with van der Waals surface area (Å²) in [6.07, 6.45) is 5.63. The van der Waals surface area contributed by atoms with Crippen LogP contribution in [0.2, 0.25) is 0 Å². The molecule has 1 nitrogen and oxygen atoms in total. The molecule has 0 heterocycles. The normalized spacial score (nSPS) is 18.1. The van der Waals surface area contributed by atoms with Crippen molar-refractivity contribution < 1.29 is 5.11 Å². The first-order valence-electron chi connectivity index (χ1n) is 5.56. The highest BCUT2D eigenvalue weighted by Gasteiger charge is 2.21. The maximum absolute atomic E-state index is 9.78. The van der Waals surface area contributed by atoms with Crippen LogP contribution in [-0.2, 0) is 6.42 Å². The fourth-order valence-electron chi connectivity index (χ4n) is 1.82. The van der Waals surface area contributed by atoms with Gasteiger partial charge >= 0.3 is 0 Å². The van der Waals surface area contributed by atoms with Gasteiger partial charge in [-0.15, -0.1) is 0 Å². The van der Waals surface area contributed by atoms with E-state index in [2.05, 4.69) is 12.1 Å². The molecule has 0 bridgehead atoms. The third kappa shape index (κ3) is 3.15. The zero-order chi connectivity index (χ0) is 9.80. The average Bonchev–Trinajstić information content (AvgIpc) is 3.00. The maximum atomic E-state index is 9.78. The fraction of sp³-hybridized carbons (Fsp3) is 0.538. The number of benzene rings is 1. The zero-order valence-electron chi connectivity index (χ0n) is 8.52. The highest BCUT2D eigenvalue weighted by molar-refractivity contribution is 5.15. The van der Waals surface area contributed by atoms with Gasteiger partial charge in [-0.25, -0.2) is 0 Å². The molecule has 76 valence electrons. The Labute approximate surface area is 85.8 Å². The minimum Gasteiger partial charge on any atom is -0.393 e. The summed E-state index contributed by atoms with van der Waals surface area (Å²) in [4.78, 5) is 0. The Morgan fingerprint density at radius 3 is 2.57 bits per heavy atom. The Balaban J connectivity index is 1.73. The summed E-state index contributed by atoms with van der Waals surface area (Å²) in [5.74, 6) is 0.931. The van der Waals surface area contributed by atoms with Crippen molar-refractivity contribution in [3.05, 3.63) is 35.9 Å². The third-order valence-corrected chi connectivity index (χ3v) is 2.92. The predicted octanol–water partition coefficient (Wildman–Crippen LogP) is 2.78. The second kappa shape index (κ2) is 4.61.